The third-order valence-electron chi connectivity index (χ3n) is 2.45. The summed E-state index contributed by atoms with van der Waals surface area (Å²) >= 11 is 5.11. The van der Waals surface area contributed by atoms with Crippen LogP contribution in [0, 0.1) is 0 Å². The number of nitrogens with two attached hydrogens (primary N) is 1. The van der Waals surface area contributed by atoms with Gasteiger partial charge >= 0.3 is 0 Å². The first kappa shape index (κ1) is 14.4. The highest BCUT2D eigenvalue weighted by atomic mass is 32.1. The Morgan fingerprint density at radius 3 is 2.89 bits per heavy atom. The normalized spacial score (nSPS) is 11.1. The van der Waals surface area contributed by atoms with E-state index in [1.54, 1.807) is 0 Å². The molecule has 0 aliphatic rings. The summed E-state index contributed by atoms with van der Waals surface area (Å²) in [5, 5.41) is 7.86. The molecule has 1 aromatic rings. The van der Waals surface area contributed by atoms with Crippen LogP contribution in [0.15, 0.2) is 29.4 Å². The van der Waals surface area contributed by atoms with Crippen LogP contribution in [0.25, 0.3) is 0 Å². The summed E-state index contributed by atoms with van der Waals surface area (Å²) in [6, 6.07) is 7.60. The van der Waals surface area contributed by atoms with Crippen molar-refractivity contribution in [2.45, 2.75) is 26.7 Å². The SMILES string of the molecule is CCCCNC(=S)N/N=C(/C)c1cccc(N)c1. The van der Waals surface area contributed by atoms with Crippen LogP contribution < -0.4 is 16.5 Å². The Kier molecular flexibility index (Phi) is 6.14. The van der Waals surface area contributed by atoms with Crippen molar-refractivity contribution >= 4 is 28.7 Å². The van der Waals surface area contributed by atoms with Crippen molar-refractivity contribution in [3.05, 3.63) is 29.8 Å². The number of nitrogen functional groups attached to an aromatic ring is 1. The average molecular weight is 264 g/mol. The molecular weight excluding hydrogens is 244 g/mol. The van der Waals surface area contributed by atoms with Crippen LogP contribution in [0.5, 0.6) is 0 Å². The average Bonchev–Trinajstić information content (AvgIpc) is 2.36. The van der Waals surface area contributed by atoms with E-state index in [1.165, 1.54) is 0 Å². The quantitative estimate of drug-likeness (QED) is 0.251. The van der Waals surface area contributed by atoms with Gasteiger partial charge in [-0.3, -0.25) is 5.43 Å². The zero-order chi connectivity index (χ0) is 13.4. The van der Waals surface area contributed by atoms with Crippen molar-refractivity contribution in [2.75, 3.05) is 12.3 Å². The van der Waals surface area contributed by atoms with Gasteiger partial charge in [-0.1, -0.05) is 25.5 Å². The molecule has 0 aromatic heterocycles. The number of nitrogens with one attached hydrogen (secondary N) is 2. The molecule has 0 bridgehead atoms. The smallest absolute Gasteiger partial charge is 0.186 e. The second kappa shape index (κ2) is 7.66. The molecule has 5 heteroatoms. The zero-order valence-corrected chi connectivity index (χ0v) is 11.7. The lowest BCUT2D eigenvalue weighted by Gasteiger charge is -2.07. The molecule has 0 amide bonds. The molecular formula is C13H20N4S. The van der Waals surface area contributed by atoms with Crippen LogP contribution in [0.1, 0.15) is 32.3 Å². The van der Waals surface area contributed by atoms with E-state index in [-0.39, 0.29) is 0 Å². The Morgan fingerprint density at radius 1 is 1.44 bits per heavy atom. The minimum atomic E-state index is 0.548. The van der Waals surface area contributed by atoms with Crippen LogP contribution in [-0.4, -0.2) is 17.4 Å². The van der Waals surface area contributed by atoms with Gasteiger partial charge in [0.25, 0.3) is 0 Å². The molecule has 0 radical (unpaired) electrons. The predicted octanol–water partition coefficient (Wildman–Crippen LogP) is 2.26. The number of rotatable bonds is 5. The van der Waals surface area contributed by atoms with Crippen molar-refractivity contribution < 1.29 is 0 Å². The maximum atomic E-state index is 5.72. The van der Waals surface area contributed by atoms with Crippen LogP contribution in [0.4, 0.5) is 5.69 Å². The Hall–Kier alpha value is -1.62. The number of thiocarbonyl (C=S) groups is 1. The molecule has 0 heterocycles. The van der Waals surface area contributed by atoms with Crippen LogP contribution in [0.2, 0.25) is 0 Å². The highest BCUT2D eigenvalue weighted by Crippen LogP contribution is 2.07. The Labute approximate surface area is 114 Å². The molecule has 0 saturated carbocycles. The number of hydrogen-bond acceptors (Lipinski definition) is 3. The third-order valence-corrected chi connectivity index (χ3v) is 2.68. The fraction of sp³-hybridized carbons (Fsp3) is 0.385. The van der Waals surface area contributed by atoms with Gasteiger partial charge in [0.15, 0.2) is 5.11 Å². The van der Waals surface area contributed by atoms with E-state index in [4.69, 9.17) is 18.0 Å². The largest absolute Gasteiger partial charge is 0.399 e. The highest BCUT2D eigenvalue weighted by Gasteiger charge is 1.98. The van der Waals surface area contributed by atoms with Gasteiger partial charge in [-0.15, -0.1) is 0 Å². The van der Waals surface area contributed by atoms with E-state index < -0.39 is 0 Å². The summed E-state index contributed by atoms with van der Waals surface area (Å²) in [6.07, 6.45) is 2.24. The molecule has 0 fully saturated rings. The molecule has 18 heavy (non-hydrogen) atoms. The standard InChI is InChI=1S/C13H20N4S/c1-3-4-8-15-13(18)17-16-10(2)11-6-5-7-12(14)9-11/h5-7,9H,3-4,8,14H2,1-2H3,(H2,15,17,18)/b16-10-. The first-order valence-electron chi connectivity index (χ1n) is 6.07. The number of benzene rings is 1. The van der Waals surface area contributed by atoms with Gasteiger partial charge in [-0.05, 0) is 43.3 Å². The monoisotopic (exact) mass is 264 g/mol. The van der Waals surface area contributed by atoms with Crippen molar-refractivity contribution in [1.29, 1.82) is 0 Å². The van der Waals surface area contributed by atoms with Crippen molar-refractivity contribution in [2.24, 2.45) is 5.10 Å². The van der Waals surface area contributed by atoms with E-state index in [9.17, 15) is 0 Å². The van der Waals surface area contributed by atoms with Gasteiger partial charge in [-0.2, -0.15) is 5.10 Å². The molecule has 1 rings (SSSR count). The van der Waals surface area contributed by atoms with E-state index in [1.807, 2.05) is 31.2 Å². The Morgan fingerprint density at radius 2 is 2.22 bits per heavy atom. The van der Waals surface area contributed by atoms with E-state index in [0.29, 0.717) is 5.11 Å². The van der Waals surface area contributed by atoms with Gasteiger partial charge < -0.3 is 11.1 Å². The number of hydrazone groups is 1. The molecule has 4 nitrogen and oxygen atoms in total. The fourth-order valence-electron chi connectivity index (χ4n) is 1.38. The fourth-order valence-corrected chi connectivity index (χ4v) is 1.53. The second-order valence-corrected chi connectivity index (χ2v) is 4.45. The molecule has 4 N–H and O–H groups in total. The number of nitrogens with zero attached hydrogens (tertiary/aromatic N) is 1. The molecule has 1 aromatic carbocycles. The van der Waals surface area contributed by atoms with Crippen molar-refractivity contribution in [3.8, 4) is 0 Å². The lowest BCUT2D eigenvalue weighted by atomic mass is 10.1. The minimum Gasteiger partial charge on any atom is -0.399 e. The topological polar surface area (TPSA) is 62.4 Å². The van der Waals surface area contributed by atoms with E-state index >= 15 is 0 Å². The van der Waals surface area contributed by atoms with Crippen LogP contribution in [-0.2, 0) is 0 Å². The van der Waals surface area contributed by atoms with Gasteiger partial charge in [0.2, 0.25) is 0 Å². The summed E-state index contributed by atoms with van der Waals surface area (Å²) in [5.41, 5.74) is 11.1. The number of hydrogen-bond donors (Lipinski definition) is 3. The summed E-state index contributed by atoms with van der Waals surface area (Å²) in [4.78, 5) is 0. The lowest BCUT2D eigenvalue weighted by Crippen LogP contribution is -2.33. The molecule has 0 aliphatic heterocycles. The summed E-state index contributed by atoms with van der Waals surface area (Å²) < 4.78 is 0. The maximum absolute atomic E-state index is 5.72. The Balaban J connectivity index is 2.49. The molecule has 0 saturated heterocycles. The van der Waals surface area contributed by atoms with Crippen LogP contribution in [0.3, 0.4) is 0 Å². The molecule has 98 valence electrons. The summed E-state index contributed by atoms with van der Waals surface area (Å²) in [7, 11) is 0. The zero-order valence-electron chi connectivity index (χ0n) is 10.9. The minimum absolute atomic E-state index is 0.548. The highest BCUT2D eigenvalue weighted by molar-refractivity contribution is 7.80. The van der Waals surface area contributed by atoms with E-state index in [0.717, 1.165) is 36.3 Å². The first-order chi connectivity index (χ1) is 8.63. The molecule has 0 aliphatic carbocycles. The van der Waals surface area contributed by atoms with Gasteiger partial charge in [-0.25, -0.2) is 0 Å². The Bertz CT molecular complexity index is 429. The lowest BCUT2D eigenvalue weighted by molar-refractivity contribution is 0.745. The number of unbranched alkanes of at least 4 members (excludes halogenated alkanes) is 1. The maximum Gasteiger partial charge on any atom is 0.186 e. The molecule has 0 spiro atoms. The van der Waals surface area contributed by atoms with Gasteiger partial charge in [0, 0.05) is 12.2 Å². The molecule has 0 atom stereocenters. The number of anilines is 1. The van der Waals surface area contributed by atoms with Crippen molar-refractivity contribution in [3.63, 3.8) is 0 Å². The summed E-state index contributed by atoms with van der Waals surface area (Å²) in [6.45, 7) is 4.92. The second-order valence-electron chi connectivity index (χ2n) is 4.04. The first-order valence-corrected chi connectivity index (χ1v) is 6.48. The van der Waals surface area contributed by atoms with E-state index in [2.05, 4.69) is 22.8 Å². The van der Waals surface area contributed by atoms with Crippen LogP contribution >= 0.6 is 12.2 Å². The summed E-state index contributed by atoms with van der Waals surface area (Å²) in [5.74, 6) is 0. The van der Waals surface area contributed by atoms with Gasteiger partial charge in [0.05, 0.1) is 5.71 Å². The third kappa shape index (κ3) is 5.14. The van der Waals surface area contributed by atoms with Crippen molar-refractivity contribution in [1.82, 2.24) is 10.7 Å². The van der Waals surface area contributed by atoms with Gasteiger partial charge in [0.1, 0.15) is 0 Å². The predicted molar refractivity (Wildman–Crippen MR) is 81.7 cm³/mol. The molecule has 0 unspecified atom stereocenters.